The highest BCUT2D eigenvalue weighted by molar-refractivity contribution is 7.89. The predicted molar refractivity (Wildman–Crippen MR) is 114 cm³/mol. The quantitative estimate of drug-likeness (QED) is 0.399. The monoisotopic (exact) mass is 392 g/mol. The maximum absolute atomic E-state index is 11.3. The van der Waals surface area contributed by atoms with Crippen molar-refractivity contribution in [1.29, 1.82) is 0 Å². The second kappa shape index (κ2) is 7.10. The van der Waals surface area contributed by atoms with Gasteiger partial charge >= 0.3 is 0 Å². The first-order valence-corrected chi connectivity index (χ1v) is 10.4. The number of primary sulfonamides is 1. The lowest BCUT2D eigenvalue weighted by Gasteiger charge is -2.03. The van der Waals surface area contributed by atoms with Crippen molar-refractivity contribution in [2.45, 2.75) is 18.4 Å². The molecular weight excluding hydrogens is 372 g/mol. The molecule has 0 spiro atoms. The first kappa shape index (κ1) is 18.2. The summed E-state index contributed by atoms with van der Waals surface area (Å²) in [5.74, 6) is 0. The number of sulfonamides is 1. The van der Waals surface area contributed by atoms with E-state index >= 15 is 0 Å². The molecule has 0 unspecified atom stereocenters. The summed E-state index contributed by atoms with van der Waals surface area (Å²) in [6, 6.07) is 20.8. The van der Waals surface area contributed by atoms with Crippen molar-refractivity contribution in [2.75, 3.05) is 5.43 Å². The fourth-order valence-electron chi connectivity index (χ4n) is 3.39. The number of rotatable bonds is 5. The van der Waals surface area contributed by atoms with Crippen LogP contribution in [0.3, 0.4) is 0 Å². The van der Waals surface area contributed by atoms with Crippen LogP contribution in [0.15, 0.2) is 76.7 Å². The van der Waals surface area contributed by atoms with E-state index in [0.29, 0.717) is 5.69 Å². The summed E-state index contributed by atoms with van der Waals surface area (Å²) in [5.41, 5.74) is 6.97. The largest absolute Gasteiger partial charge is 0.341 e. The van der Waals surface area contributed by atoms with Crippen molar-refractivity contribution in [3.8, 4) is 0 Å². The molecule has 0 fully saturated rings. The summed E-state index contributed by atoms with van der Waals surface area (Å²) < 4.78 is 24.9. The number of para-hydroxylation sites is 1. The minimum atomic E-state index is -3.69. The van der Waals surface area contributed by atoms with Crippen molar-refractivity contribution in [3.05, 3.63) is 72.3 Å². The molecule has 0 amide bonds. The van der Waals surface area contributed by atoms with E-state index in [2.05, 4.69) is 58.4 Å². The van der Waals surface area contributed by atoms with Crippen molar-refractivity contribution >= 4 is 43.7 Å². The Bertz CT molecular complexity index is 1290. The maximum atomic E-state index is 11.3. The van der Waals surface area contributed by atoms with Gasteiger partial charge in [0.1, 0.15) is 0 Å². The number of nitrogens with zero attached hydrogens (tertiary/aromatic N) is 2. The van der Waals surface area contributed by atoms with Gasteiger partial charge in [0, 0.05) is 28.4 Å². The molecule has 3 N–H and O–H groups in total. The molecule has 0 aliphatic heterocycles. The lowest BCUT2D eigenvalue weighted by Crippen LogP contribution is -2.11. The molecule has 1 heterocycles. The molecule has 7 heteroatoms. The van der Waals surface area contributed by atoms with Gasteiger partial charge in [0.15, 0.2) is 0 Å². The van der Waals surface area contributed by atoms with E-state index in [1.54, 1.807) is 18.3 Å². The van der Waals surface area contributed by atoms with Gasteiger partial charge in [-0.25, -0.2) is 13.6 Å². The smallest absolute Gasteiger partial charge is 0.238 e. The number of hydrogen-bond acceptors (Lipinski definition) is 4. The van der Waals surface area contributed by atoms with Crippen LogP contribution in [0.2, 0.25) is 0 Å². The van der Waals surface area contributed by atoms with Crippen LogP contribution >= 0.6 is 0 Å². The lowest BCUT2D eigenvalue weighted by molar-refractivity contribution is 0.598. The van der Waals surface area contributed by atoms with Gasteiger partial charge in [-0.15, -0.1) is 0 Å². The number of aryl methyl sites for hydroxylation is 1. The fraction of sp³-hybridized carbons (Fsp3) is 0.0952. The molecule has 6 nitrogen and oxygen atoms in total. The van der Waals surface area contributed by atoms with E-state index < -0.39 is 10.0 Å². The van der Waals surface area contributed by atoms with Crippen LogP contribution < -0.4 is 10.6 Å². The SMILES string of the molecule is CCn1c2ccccc2c2cc(/C=N\Nc3ccc(S(N)(=O)=O)cc3)ccc21. The Labute approximate surface area is 163 Å². The third kappa shape index (κ3) is 3.37. The third-order valence-electron chi connectivity index (χ3n) is 4.70. The van der Waals surface area contributed by atoms with Gasteiger partial charge in [-0.3, -0.25) is 5.43 Å². The van der Waals surface area contributed by atoms with E-state index in [4.69, 9.17) is 5.14 Å². The third-order valence-corrected chi connectivity index (χ3v) is 5.63. The minimum Gasteiger partial charge on any atom is -0.341 e. The molecule has 1 aromatic heterocycles. The topological polar surface area (TPSA) is 89.5 Å². The second-order valence-electron chi connectivity index (χ2n) is 6.48. The summed E-state index contributed by atoms with van der Waals surface area (Å²) >= 11 is 0. The zero-order chi connectivity index (χ0) is 19.7. The molecule has 0 aliphatic carbocycles. The number of nitrogens with one attached hydrogen (secondary N) is 1. The summed E-state index contributed by atoms with van der Waals surface area (Å²) in [6.45, 7) is 3.06. The van der Waals surface area contributed by atoms with Crippen LogP contribution in [-0.2, 0) is 16.6 Å². The van der Waals surface area contributed by atoms with Gasteiger partial charge in [0.25, 0.3) is 0 Å². The Balaban J connectivity index is 1.60. The second-order valence-corrected chi connectivity index (χ2v) is 8.04. The number of fused-ring (bicyclic) bond motifs is 3. The normalized spacial score (nSPS) is 12.2. The van der Waals surface area contributed by atoms with Gasteiger partial charge in [-0.2, -0.15) is 5.10 Å². The van der Waals surface area contributed by atoms with E-state index in [1.165, 1.54) is 33.9 Å². The van der Waals surface area contributed by atoms with Gasteiger partial charge in [-0.1, -0.05) is 24.3 Å². The van der Waals surface area contributed by atoms with Crippen molar-refractivity contribution in [3.63, 3.8) is 0 Å². The maximum Gasteiger partial charge on any atom is 0.238 e. The van der Waals surface area contributed by atoms with E-state index in [9.17, 15) is 8.42 Å². The molecule has 142 valence electrons. The van der Waals surface area contributed by atoms with Crippen LogP contribution in [0.5, 0.6) is 0 Å². The Morgan fingerprint density at radius 2 is 1.71 bits per heavy atom. The van der Waals surface area contributed by atoms with Gasteiger partial charge in [0.05, 0.1) is 16.8 Å². The predicted octanol–water partition coefficient (Wildman–Crippen LogP) is 3.91. The molecule has 4 rings (SSSR count). The van der Waals surface area contributed by atoms with Crippen LogP contribution in [0, 0.1) is 0 Å². The molecular formula is C21H20N4O2S. The summed E-state index contributed by atoms with van der Waals surface area (Å²) in [5, 5.41) is 11.8. The molecule has 0 bridgehead atoms. The van der Waals surface area contributed by atoms with E-state index in [0.717, 1.165) is 12.1 Å². The standard InChI is InChI=1S/C21H20N4O2S/c1-2-25-20-6-4-3-5-18(20)19-13-15(7-12-21(19)25)14-23-24-16-8-10-17(11-9-16)28(22,26)27/h3-14,24H,2H2,1H3,(H2,22,26,27)/b23-14-. The molecule has 0 atom stereocenters. The van der Waals surface area contributed by atoms with Crippen molar-refractivity contribution < 1.29 is 8.42 Å². The summed E-state index contributed by atoms with van der Waals surface area (Å²) in [6.07, 6.45) is 1.74. The molecule has 0 radical (unpaired) electrons. The van der Waals surface area contributed by atoms with E-state index in [1.807, 2.05) is 6.07 Å². The van der Waals surface area contributed by atoms with Crippen LogP contribution in [0.4, 0.5) is 5.69 Å². The van der Waals surface area contributed by atoms with Crippen molar-refractivity contribution in [1.82, 2.24) is 4.57 Å². The van der Waals surface area contributed by atoms with Crippen LogP contribution in [-0.4, -0.2) is 19.2 Å². The van der Waals surface area contributed by atoms with Gasteiger partial charge in [0.2, 0.25) is 10.0 Å². The number of hydrazone groups is 1. The number of anilines is 1. The zero-order valence-electron chi connectivity index (χ0n) is 15.3. The Kier molecular flexibility index (Phi) is 4.62. The highest BCUT2D eigenvalue weighted by atomic mass is 32.2. The first-order valence-electron chi connectivity index (χ1n) is 8.90. The molecule has 4 aromatic rings. The number of hydrogen-bond donors (Lipinski definition) is 2. The average Bonchev–Trinajstić information content (AvgIpc) is 3.01. The van der Waals surface area contributed by atoms with Gasteiger partial charge < -0.3 is 4.57 Å². The fourth-order valence-corrected chi connectivity index (χ4v) is 3.91. The number of aromatic nitrogens is 1. The molecule has 0 saturated heterocycles. The summed E-state index contributed by atoms with van der Waals surface area (Å²) in [7, 11) is -3.69. The zero-order valence-corrected chi connectivity index (χ0v) is 16.1. The number of benzene rings is 3. The molecule has 3 aromatic carbocycles. The van der Waals surface area contributed by atoms with Crippen LogP contribution in [0.1, 0.15) is 12.5 Å². The number of nitrogens with two attached hydrogens (primary N) is 1. The van der Waals surface area contributed by atoms with Crippen molar-refractivity contribution in [2.24, 2.45) is 10.2 Å². The molecule has 0 saturated carbocycles. The Morgan fingerprint density at radius 3 is 2.43 bits per heavy atom. The van der Waals surface area contributed by atoms with Crippen LogP contribution in [0.25, 0.3) is 21.8 Å². The highest BCUT2D eigenvalue weighted by Gasteiger charge is 2.09. The van der Waals surface area contributed by atoms with Gasteiger partial charge in [-0.05, 0) is 55.0 Å². The Hall–Kier alpha value is -3.16. The first-order chi connectivity index (χ1) is 13.5. The molecule has 28 heavy (non-hydrogen) atoms. The Morgan fingerprint density at radius 1 is 1.00 bits per heavy atom. The van der Waals surface area contributed by atoms with E-state index in [-0.39, 0.29) is 4.90 Å². The lowest BCUT2D eigenvalue weighted by atomic mass is 10.1. The highest BCUT2D eigenvalue weighted by Crippen LogP contribution is 2.29. The molecule has 0 aliphatic rings. The summed E-state index contributed by atoms with van der Waals surface area (Å²) in [4.78, 5) is 0.0693. The minimum absolute atomic E-state index is 0.0693. The average molecular weight is 392 g/mol.